The fourth-order valence-corrected chi connectivity index (χ4v) is 2.67. The van der Waals surface area contributed by atoms with Crippen LogP contribution in [0.1, 0.15) is 39.5 Å². The van der Waals surface area contributed by atoms with E-state index in [1.54, 1.807) is 6.92 Å². The predicted molar refractivity (Wildman–Crippen MR) is 103 cm³/mol. The van der Waals surface area contributed by atoms with Crippen LogP contribution in [-0.2, 0) is 29.1 Å². The van der Waals surface area contributed by atoms with Crippen molar-refractivity contribution in [1.82, 2.24) is 0 Å². The summed E-state index contributed by atoms with van der Waals surface area (Å²) in [5, 5.41) is 17.3. The zero-order valence-corrected chi connectivity index (χ0v) is 16.5. The molecule has 27 heavy (non-hydrogen) atoms. The second-order valence-electron chi connectivity index (χ2n) is 6.01. The molecule has 11 heteroatoms. The van der Waals surface area contributed by atoms with Crippen LogP contribution in [-0.4, -0.2) is 117 Å². The Labute approximate surface area is 184 Å². The second kappa shape index (κ2) is 18.7. The predicted octanol–water partition coefficient (Wildman–Crippen LogP) is -0.0598. The number of aliphatic hydroxyl groups excluding tert-OH is 2. The van der Waals surface area contributed by atoms with Crippen LogP contribution in [0, 0.1) is 0 Å². The molecule has 0 saturated carbocycles. The number of hydrogen-bond acceptors (Lipinski definition) is 8. The minimum absolute atomic E-state index is 0. The van der Waals surface area contributed by atoms with Crippen LogP contribution in [0.4, 0.5) is 0 Å². The van der Waals surface area contributed by atoms with Crippen LogP contribution < -0.4 is 0 Å². The summed E-state index contributed by atoms with van der Waals surface area (Å²) in [5.74, 6) is 0. The molecule has 0 aromatic rings. The molecular weight excluding hydrogens is 391 g/mol. The Kier molecular flexibility index (Phi) is 20.7. The molecule has 9 nitrogen and oxygen atoms in total. The maximum atomic E-state index is 11.4. The topological polar surface area (TPSA) is 132 Å². The normalized spacial score (nSPS) is 15.1. The van der Waals surface area contributed by atoms with Gasteiger partial charge in [0, 0.05) is 33.0 Å². The van der Waals surface area contributed by atoms with E-state index in [2.05, 4.69) is 0 Å². The summed E-state index contributed by atoms with van der Waals surface area (Å²) in [5.41, 5.74) is -1.33. The van der Waals surface area contributed by atoms with Gasteiger partial charge in [0.25, 0.3) is 10.1 Å². The summed E-state index contributed by atoms with van der Waals surface area (Å²) in [4.78, 5) is 0. The number of hydrogen-bond donors (Lipinski definition) is 3. The van der Waals surface area contributed by atoms with E-state index in [0.29, 0.717) is 45.7 Å². The van der Waals surface area contributed by atoms with Gasteiger partial charge in [-0.3, -0.25) is 4.55 Å². The molecule has 0 rings (SSSR count). The van der Waals surface area contributed by atoms with Crippen molar-refractivity contribution in [3.63, 3.8) is 0 Å². The third-order valence-electron chi connectivity index (χ3n) is 3.34. The van der Waals surface area contributed by atoms with Gasteiger partial charge < -0.3 is 29.2 Å². The molecule has 0 fully saturated rings. The monoisotopic (exact) mass is 426 g/mol. The first-order valence-corrected chi connectivity index (χ1v) is 10.4. The van der Waals surface area contributed by atoms with E-state index in [1.807, 2.05) is 6.92 Å². The van der Waals surface area contributed by atoms with Crippen molar-refractivity contribution in [2.75, 3.05) is 46.2 Å². The van der Waals surface area contributed by atoms with Crippen molar-refractivity contribution < 1.29 is 42.1 Å². The van der Waals surface area contributed by atoms with E-state index in [9.17, 15) is 13.0 Å². The van der Waals surface area contributed by atoms with Gasteiger partial charge in [0.05, 0.1) is 25.4 Å². The summed E-state index contributed by atoms with van der Waals surface area (Å²) in [6, 6.07) is 0. The molecule has 0 saturated heterocycles. The molecule has 0 aliphatic heterocycles. The van der Waals surface area contributed by atoms with Gasteiger partial charge in [-0.05, 0) is 39.5 Å². The Balaban J connectivity index is 0. The molecule has 0 spiro atoms. The van der Waals surface area contributed by atoms with Gasteiger partial charge in [-0.2, -0.15) is 8.42 Å². The Morgan fingerprint density at radius 3 is 1.81 bits per heavy atom. The molecule has 0 aromatic heterocycles. The van der Waals surface area contributed by atoms with Crippen LogP contribution in [0.3, 0.4) is 0 Å². The Hall–Kier alpha value is 0.670. The Morgan fingerprint density at radius 2 is 1.33 bits per heavy atom. The number of aliphatic hydroxyl groups is 2. The molecule has 0 heterocycles. The third kappa shape index (κ3) is 18.4. The summed E-state index contributed by atoms with van der Waals surface area (Å²) in [7, 11) is -4.33. The van der Waals surface area contributed by atoms with E-state index in [1.165, 1.54) is 0 Å². The molecule has 3 N–H and O–H groups in total. The first kappa shape index (κ1) is 29.9. The molecule has 3 atom stereocenters. The average Bonchev–Trinajstić information content (AvgIpc) is 2.56. The maximum absolute atomic E-state index is 11.4. The number of ether oxygens (including phenoxy) is 4. The first-order valence-electron chi connectivity index (χ1n) is 8.91. The van der Waals surface area contributed by atoms with Crippen molar-refractivity contribution in [3.05, 3.63) is 0 Å². The Morgan fingerprint density at radius 1 is 0.815 bits per heavy atom. The summed E-state index contributed by atoms with van der Waals surface area (Å²) >= 11 is 0. The van der Waals surface area contributed by atoms with Gasteiger partial charge in [-0.15, -0.1) is 0 Å². The van der Waals surface area contributed by atoms with E-state index >= 15 is 0 Å². The van der Waals surface area contributed by atoms with Gasteiger partial charge in [0.1, 0.15) is 0 Å². The molecule has 0 bridgehead atoms. The van der Waals surface area contributed by atoms with Gasteiger partial charge in [0.15, 0.2) is 5.44 Å². The summed E-state index contributed by atoms with van der Waals surface area (Å²) < 4.78 is 53.5. The van der Waals surface area contributed by atoms with Crippen molar-refractivity contribution >= 4 is 39.7 Å². The fourth-order valence-electron chi connectivity index (χ4n) is 1.96. The molecule has 0 radical (unpaired) electrons. The van der Waals surface area contributed by atoms with Crippen molar-refractivity contribution in [3.8, 4) is 0 Å². The van der Waals surface area contributed by atoms with E-state index in [-0.39, 0.29) is 68.0 Å². The zero-order valence-electron chi connectivity index (χ0n) is 15.7. The van der Waals surface area contributed by atoms with E-state index < -0.39 is 15.6 Å². The molecule has 0 amide bonds. The van der Waals surface area contributed by atoms with Crippen LogP contribution in [0.15, 0.2) is 0 Å². The SMILES string of the molecule is CC(COCCCC(OCC(C)OCCCO)S(=O)(=O)O)OCCCO.[NaH]. The van der Waals surface area contributed by atoms with Crippen molar-refractivity contribution in [1.29, 1.82) is 0 Å². The van der Waals surface area contributed by atoms with Crippen LogP contribution in [0.2, 0.25) is 0 Å². The quantitative estimate of drug-likeness (QED) is 0.157. The van der Waals surface area contributed by atoms with Gasteiger partial charge in [-0.1, -0.05) is 0 Å². The van der Waals surface area contributed by atoms with Gasteiger partial charge >= 0.3 is 29.6 Å². The molecular formula is C16H35NaO9S. The van der Waals surface area contributed by atoms with Crippen molar-refractivity contribution in [2.45, 2.75) is 57.2 Å². The van der Waals surface area contributed by atoms with Crippen LogP contribution >= 0.6 is 0 Å². The van der Waals surface area contributed by atoms with Crippen LogP contribution in [0.5, 0.6) is 0 Å². The second-order valence-corrected chi connectivity index (χ2v) is 7.57. The van der Waals surface area contributed by atoms with Crippen molar-refractivity contribution in [2.24, 2.45) is 0 Å². The first-order chi connectivity index (χ1) is 12.3. The molecule has 0 aliphatic rings. The summed E-state index contributed by atoms with van der Waals surface area (Å²) in [6.07, 6.45) is 1.09. The summed E-state index contributed by atoms with van der Waals surface area (Å²) in [6.45, 7) is 5.17. The molecule has 3 unspecified atom stereocenters. The molecule has 0 aromatic carbocycles. The molecule has 0 aliphatic carbocycles. The number of rotatable bonds is 18. The average molecular weight is 427 g/mol. The van der Waals surface area contributed by atoms with E-state index in [0.717, 1.165) is 0 Å². The van der Waals surface area contributed by atoms with Gasteiger partial charge in [0.2, 0.25) is 0 Å². The van der Waals surface area contributed by atoms with Crippen LogP contribution in [0.25, 0.3) is 0 Å². The van der Waals surface area contributed by atoms with Gasteiger partial charge in [-0.25, -0.2) is 0 Å². The Bertz CT molecular complexity index is 422. The third-order valence-corrected chi connectivity index (χ3v) is 4.38. The van der Waals surface area contributed by atoms with E-state index in [4.69, 9.17) is 29.2 Å². The zero-order chi connectivity index (χ0) is 19.8. The minimum atomic E-state index is -4.33. The molecule has 160 valence electrons. The standard InChI is InChI=1S/C16H34O9S.Na.H/c1-14(23-10-4-7-17)12-22-9-3-6-16(26(19,20)21)25-13-15(2)24-11-5-8-18;;/h14-18H,3-13H2,1-2H3,(H,19,20,21);;. The fraction of sp³-hybridized carbons (Fsp3) is 1.00.